The number of nitrogens with zero attached hydrogens (tertiary/aromatic N) is 1. The van der Waals surface area contributed by atoms with Crippen LogP contribution in [0.4, 0.5) is 5.69 Å². The Hall–Kier alpha value is -2.08. The minimum absolute atomic E-state index is 0.0317. The fourth-order valence-electron chi connectivity index (χ4n) is 2.33. The van der Waals surface area contributed by atoms with Crippen LogP contribution in [0, 0.1) is 0 Å². The molecular weight excluding hydrogens is 246 g/mol. The van der Waals surface area contributed by atoms with Crippen LogP contribution in [-0.4, -0.2) is 44.1 Å². The van der Waals surface area contributed by atoms with Crippen LogP contribution in [0.5, 0.6) is 5.75 Å². The summed E-state index contributed by atoms with van der Waals surface area (Å²) in [5.74, 6) is 0.615. The Bertz CT molecular complexity index is 508. The Balaban J connectivity index is 1.79. The molecule has 1 unspecified atom stereocenters. The van der Waals surface area contributed by atoms with E-state index in [1.807, 2.05) is 24.3 Å². The van der Waals surface area contributed by atoms with E-state index in [2.05, 4.69) is 10.6 Å². The zero-order valence-corrected chi connectivity index (χ0v) is 10.4. The second kappa shape index (κ2) is 4.89. The Kier molecular flexibility index (Phi) is 3.08. The molecule has 0 spiro atoms. The molecule has 6 heteroatoms. The van der Waals surface area contributed by atoms with E-state index in [-0.39, 0.29) is 24.4 Å². The lowest BCUT2D eigenvalue weighted by Gasteiger charge is -2.33. The van der Waals surface area contributed by atoms with Crippen molar-refractivity contribution in [3.8, 4) is 5.75 Å². The third kappa shape index (κ3) is 2.26. The van der Waals surface area contributed by atoms with E-state index in [9.17, 15) is 9.59 Å². The van der Waals surface area contributed by atoms with Gasteiger partial charge in [0.05, 0.1) is 18.8 Å². The van der Waals surface area contributed by atoms with Gasteiger partial charge in [-0.25, -0.2) is 0 Å². The molecule has 1 fully saturated rings. The Morgan fingerprint density at radius 3 is 3.00 bits per heavy atom. The van der Waals surface area contributed by atoms with Gasteiger partial charge in [-0.1, -0.05) is 12.1 Å². The topological polar surface area (TPSA) is 70.7 Å². The monoisotopic (exact) mass is 261 g/mol. The number of carbonyl (C=O) groups excluding carboxylic acids is 2. The second-order valence-corrected chi connectivity index (χ2v) is 4.54. The molecule has 0 aromatic heterocycles. The molecule has 0 radical (unpaired) electrons. The fraction of sp³-hybridized carbons (Fsp3) is 0.385. The average molecular weight is 261 g/mol. The lowest BCUT2D eigenvalue weighted by Crippen LogP contribution is -2.59. The number of ether oxygens (including phenoxy) is 1. The molecule has 2 aliphatic heterocycles. The van der Waals surface area contributed by atoms with Gasteiger partial charge in [-0.3, -0.25) is 14.9 Å². The van der Waals surface area contributed by atoms with Crippen molar-refractivity contribution in [2.45, 2.75) is 6.04 Å². The summed E-state index contributed by atoms with van der Waals surface area (Å²) in [6.07, 6.45) is 0. The van der Waals surface area contributed by atoms with Crippen molar-refractivity contribution in [2.24, 2.45) is 0 Å². The number of hydrogen-bond donors (Lipinski definition) is 2. The first-order valence-corrected chi connectivity index (χ1v) is 6.29. The maximum absolute atomic E-state index is 12.5. The third-order valence-corrected chi connectivity index (χ3v) is 3.31. The van der Waals surface area contributed by atoms with Gasteiger partial charge in [-0.2, -0.15) is 0 Å². The molecule has 0 aliphatic carbocycles. The Morgan fingerprint density at radius 2 is 2.21 bits per heavy atom. The van der Waals surface area contributed by atoms with Crippen molar-refractivity contribution in [1.29, 1.82) is 0 Å². The van der Waals surface area contributed by atoms with Gasteiger partial charge in [-0.15, -0.1) is 0 Å². The number of fused-ring (bicyclic) bond motifs is 1. The number of benzene rings is 1. The van der Waals surface area contributed by atoms with Crippen molar-refractivity contribution in [3.05, 3.63) is 24.3 Å². The summed E-state index contributed by atoms with van der Waals surface area (Å²) in [5.41, 5.74) is 0.789. The van der Waals surface area contributed by atoms with Crippen molar-refractivity contribution >= 4 is 17.5 Å². The highest BCUT2D eigenvalue weighted by Crippen LogP contribution is 2.31. The first-order chi connectivity index (χ1) is 9.25. The molecule has 6 nitrogen and oxygen atoms in total. The highest BCUT2D eigenvalue weighted by molar-refractivity contribution is 6.00. The van der Waals surface area contributed by atoms with E-state index >= 15 is 0 Å². The van der Waals surface area contributed by atoms with Crippen LogP contribution in [0.2, 0.25) is 0 Å². The second-order valence-electron chi connectivity index (χ2n) is 4.54. The Labute approximate surface area is 110 Å². The molecule has 1 atom stereocenters. The highest BCUT2D eigenvalue weighted by atomic mass is 16.5. The summed E-state index contributed by atoms with van der Waals surface area (Å²) in [6, 6.07) is 7.11. The van der Waals surface area contributed by atoms with Gasteiger partial charge in [0.25, 0.3) is 0 Å². The van der Waals surface area contributed by atoms with Crippen molar-refractivity contribution < 1.29 is 14.3 Å². The summed E-state index contributed by atoms with van der Waals surface area (Å²) in [6.45, 7) is 1.53. The first-order valence-electron chi connectivity index (χ1n) is 6.29. The lowest BCUT2D eigenvalue weighted by atomic mass is 10.1. The van der Waals surface area contributed by atoms with Crippen molar-refractivity contribution in [1.82, 2.24) is 10.6 Å². The fourth-order valence-corrected chi connectivity index (χ4v) is 2.33. The standard InChI is InChI=1S/C13H15N3O3/c17-12-8-14-9(7-15-12)13(18)16-5-6-19-11-4-2-1-3-10(11)16/h1-4,9,14H,5-8H2,(H,15,17). The summed E-state index contributed by atoms with van der Waals surface area (Å²) in [5, 5.41) is 5.65. The van der Waals surface area contributed by atoms with E-state index in [1.165, 1.54) is 0 Å². The van der Waals surface area contributed by atoms with Gasteiger partial charge in [0.15, 0.2) is 0 Å². The number of anilines is 1. The quantitative estimate of drug-likeness (QED) is 0.715. The summed E-state index contributed by atoms with van der Waals surface area (Å²) < 4.78 is 5.52. The van der Waals surface area contributed by atoms with Gasteiger partial charge >= 0.3 is 0 Å². The Morgan fingerprint density at radius 1 is 1.37 bits per heavy atom. The van der Waals surface area contributed by atoms with Gasteiger partial charge in [-0.05, 0) is 12.1 Å². The average Bonchev–Trinajstić information content (AvgIpc) is 2.47. The molecule has 1 aromatic rings. The van der Waals surface area contributed by atoms with Crippen LogP contribution in [-0.2, 0) is 9.59 Å². The maximum Gasteiger partial charge on any atom is 0.246 e. The minimum atomic E-state index is -0.371. The van der Waals surface area contributed by atoms with Crippen molar-refractivity contribution in [3.63, 3.8) is 0 Å². The minimum Gasteiger partial charge on any atom is -0.490 e. The SMILES string of the molecule is O=C1CNC(C(=O)N2CCOc3ccccc32)CN1. The van der Waals surface area contributed by atoms with E-state index < -0.39 is 0 Å². The number of amides is 2. The van der Waals surface area contributed by atoms with E-state index in [4.69, 9.17) is 4.74 Å². The van der Waals surface area contributed by atoms with Gasteiger partial charge in [0.2, 0.25) is 11.8 Å². The molecule has 100 valence electrons. The number of para-hydroxylation sites is 2. The van der Waals surface area contributed by atoms with Gasteiger partial charge in [0.1, 0.15) is 18.4 Å². The van der Waals surface area contributed by atoms with E-state index in [1.54, 1.807) is 4.90 Å². The van der Waals surface area contributed by atoms with Crippen LogP contribution in [0.25, 0.3) is 0 Å². The maximum atomic E-state index is 12.5. The third-order valence-electron chi connectivity index (χ3n) is 3.31. The van der Waals surface area contributed by atoms with E-state index in [0.29, 0.717) is 19.7 Å². The van der Waals surface area contributed by atoms with Gasteiger partial charge in [0, 0.05) is 6.54 Å². The number of nitrogens with one attached hydrogen (secondary N) is 2. The zero-order chi connectivity index (χ0) is 13.2. The molecule has 2 heterocycles. The predicted molar refractivity (Wildman–Crippen MR) is 69.1 cm³/mol. The molecule has 0 saturated carbocycles. The van der Waals surface area contributed by atoms with E-state index in [0.717, 1.165) is 11.4 Å². The lowest BCUT2D eigenvalue weighted by molar-refractivity contribution is -0.125. The van der Waals surface area contributed by atoms with Crippen molar-refractivity contribution in [2.75, 3.05) is 31.1 Å². The number of rotatable bonds is 1. The van der Waals surface area contributed by atoms with Crippen LogP contribution < -0.4 is 20.3 Å². The molecule has 3 rings (SSSR count). The molecule has 0 bridgehead atoms. The molecule has 19 heavy (non-hydrogen) atoms. The molecule has 1 saturated heterocycles. The molecule has 2 amide bonds. The normalized spacial score (nSPS) is 22.2. The largest absolute Gasteiger partial charge is 0.490 e. The van der Waals surface area contributed by atoms with Crippen LogP contribution in [0.1, 0.15) is 0 Å². The van der Waals surface area contributed by atoms with Crippen LogP contribution in [0.15, 0.2) is 24.3 Å². The molecule has 1 aromatic carbocycles. The number of hydrogen-bond acceptors (Lipinski definition) is 4. The number of piperazine rings is 1. The molecule has 2 aliphatic rings. The molecule has 2 N–H and O–H groups in total. The summed E-state index contributed by atoms with van der Waals surface area (Å²) in [7, 11) is 0. The summed E-state index contributed by atoms with van der Waals surface area (Å²) in [4.78, 5) is 25.3. The number of carbonyl (C=O) groups is 2. The smallest absolute Gasteiger partial charge is 0.246 e. The zero-order valence-electron chi connectivity index (χ0n) is 10.4. The predicted octanol–water partition coefficient (Wildman–Crippen LogP) is -0.500. The highest BCUT2D eigenvalue weighted by Gasteiger charge is 2.31. The molecular formula is C13H15N3O3. The van der Waals surface area contributed by atoms with Gasteiger partial charge < -0.3 is 15.0 Å². The summed E-state index contributed by atoms with van der Waals surface area (Å²) >= 11 is 0. The van der Waals surface area contributed by atoms with Crippen LogP contribution in [0.3, 0.4) is 0 Å². The first kappa shape index (κ1) is 12.0. The van der Waals surface area contributed by atoms with Crippen LogP contribution >= 0.6 is 0 Å².